The van der Waals surface area contributed by atoms with Crippen LogP contribution in [0.3, 0.4) is 0 Å². The van der Waals surface area contributed by atoms with Crippen LogP contribution < -0.4 is 0 Å². The van der Waals surface area contributed by atoms with Crippen molar-refractivity contribution >= 4 is 17.9 Å². The average molecular weight is 356 g/mol. The third-order valence-electron chi connectivity index (χ3n) is 5.64. The summed E-state index contributed by atoms with van der Waals surface area (Å²) in [6.45, 7) is 5.53. The second-order valence-electron chi connectivity index (χ2n) is 8.16. The van der Waals surface area contributed by atoms with Crippen molar-refractivity contribution in [3.05, 3.63) is 12.2 Å². The van der Waals surface area contributed by atoms with E-state index in [9.17, 15) is 23.2 Å². The summed E-state index contributed by atoms with van der Waals surface area (Å²) in [5.74, 6) is -6.66. The summed E-state index contributed by atoms with van der Waals surface area (Å²) in [6.07, 6.45) is 3.39. The summed E-state index contributed by atoms with van der Waals surface area (Å²) in [7, 11) is 0. The van der Waals surface area contributed by atoms with E-state index in [1.165, 1.54) is 0 Å². The fourth-order valence-electron chi connectivity index (χ4n) is 5.10. The Labute approximate surface area is 144 Å². The van der Waals surface area contributed by atoms with Gasteiger partial charge in [0.2, 0.25) is 0 Å². The van der Waals surface area contributed by atoms with Gasteiger partial charge in [0.1, 0.15) is 5.60 Å². The predicted molar refractivity (Wildman–Crippen MR) is 82.5 cm³/mol. The van der Waals surface area contributed by atoms with Crippen molar-refractivity contribution in [1.29, 1.82) is 0 Å². The number of ether oxygens (including phenoxy) is 2. The number of carbonyl (C=O) groups is 3. The Balaban J connectivity index is 1.83. The lowest BCUT2D eigenvalue weighted by Gasteiger charge is -2.59. The molecule has 4 bridgehead atoms. The summed E-state index contributed by atoms with van der Waals surface area (Å²) >= 11 is 0. The van der Waals surface area contributed by atoms with E-state index in [1.54, 1.807) is 6.92 Å². The molecule has 0 saturated heterocycles. The van der Waals surface area contributed by atoms with Gasteiger partial charge in [-0.2, -0.15) is 8.78 Å². The zero-order valence-corrected chi connectivity index (χ0v) is 14.4. The molecule has 0 radical (unpaired) electrons. The van der Waals surface area contributed by atoms with Gasteiger partial charge in [0, 0.05) is 18.9 Å². The molecule has 0 N–H and O–H groups in total. The lowest BCUT2D eigenvalue weighted by Crippen LogP contribution is -2.60. The van der Waals surface area contributed by atoms with Crippen LogP contribution in [-0.4, -0.2) is 29.4 Å². The molecule has 138 valence electrons. The van der Waals surface area contributed by atoms with Crippen molar-refractivity contribution in [2.45, 2.75) is 63.9 Å². The summed E-state index contributed by atoms with van der Waals surface area (Å²) < 4.78 is 36.3. The molecule has 0 spiro atoms. The maximum atomic E-state index is 13.1. The Hall–Kier alpha value is -1.79. The van der Waals surface area contributed by atoms with Gasteiger partial charge < -0.3 is 9.47 Å². The molecule has 0 aromatic heterocycles. The third kappa shape index (κ3) is 3.20. The second kappa shape index (κ2) is 5.61. The van der Waals surface area contributed by atoms with Gasteiger partial charge >= 0.3 is 23.8 Å². The van der Waals surface area contributed by atoms with Gasteiger partial charge in [-0.3, -0.25) is 4.79 Å². The van der Waals surface area contributed by atoms with Crippen molar-refractivity contribution in [2.24, 2.45) is 17.3 Å². The number of esters is 3. The van der Waals surface area contributed by atoms with Gasteiger partial charge in [0.05, 0.1) is 5.41 Å². The third-order valence-corrected chi connectivity index (χ3v) is 5.64. The predicted octanol–water partition coefficient (Wildman–Crippen LogP) is 3.17. The highest BCUT2D eigenvalue weighted by Gasteiger charge is 2.63. The maximum absolute atomic E-state index is 13.1. The Morgan fingerprint density at radius 2 is 1.68 bits per heavy atom. The molecule has 4 aliphatic rings. The number of halogens is 2. The van der Waals surface area contributed by atoms with Crippen molar-refractivity contribution in [3.63, 3.8) is 0 Å². The van der Waals surface area contributed by atoms with E-state index >= 15 is 0 Å². The topological polar surface area (TPSA) is 69.7 Å². The molecular weight excluding hydrogens is 334 g/mol. The highest BCUT2D eigenvalue weighted by Crippen LogP contribution is 2.63. The van der Waals surface area contributed by atoms with Crippen molar-refractivity contribution in [2.75, 3.05) is 0 Å². The van der Waals surface area contributed by atoms with Gasteiger partial charge in [-0.25, -0.2) is 9.59 Å². The van der Waals surface area contributed by atoms with Gasteiger partial charge in [0.25, 0.3) is 0 Å². The molecular formula is C18H22F2O5. The van der Waals surface area contributed by atoms with Crippen LogP contribution >= 0.6 is 0 Å². The van der Waals surface area contributed by atoms with Crippen LogP contribution in [0.25, 0.3) is 0 Å². The zero-order chi connectivity index (χ0) is 18.6. The van der Waals surface area contributed by atoms with Crippen molar-refractivity contribution < 1.29 is 32.6 Å². The molecule has 0 amide bonds. The van der Waals surface area contributed by atoms with E-state index in [2.05, 4.69) is 11.3 Å². The van der Waals surface area contributed by atoms with Crippen LogP contribution in [0.1, 0.15) is 52.4 Å². The Kier molecular flexibility index (Phi) is 4.04. The van der Waals surface area contributed by atoms with Crippen LogP contribution in [-0.2, 0) is 23.9 Å². The molecule has 0 aliphatic heterocycles. The fourth-order valence-corrected chi connectivity index (χ4v) is 5.10. The minimum Gasteiger partial charge on any atom is -0.456 e. The van der Waals surface area contributed by atoms with Crippen LogP contribution in [0, 0.1) is 17.3 Å². The van der Waals surface area contributed by atoms with Crippen molar-refractivity contribution in [1.82, 2.24) is 0 Å². The quantitative estimate of drug-likeness (QED) is 0.440. The van der Waals surface area contributed by atoms with Gasteiger partial charge in [-0.15, -0.1) is 0 Å². The first-order valence-corrected chi connectivity index (χ1v) is 8.48. The molecule has 4 fully saturated rings. The average Bonchev–Trinajstić information content (AvgIpc) is 2.43. The Bertz CT molecular complexity index is 634. The minimum absolute atomic E-state index is 0.156. The highest BCUT2D eigenvalue weighted by atomic mass is 19.3. The summed E-state index contributed by atoms with van der Waals surface area (Å²) in [5, 5.41) is 0. The van der Waals surface area contributed by atoms with E-state index in [0.717, 1.165) is 6.42 Å². The number of hydrogen-bond donors (Lipinski definition) is 0. The number of alkyl halides is 2. The van der Waals surface area contributed by atoms with E-state index < -0.39 is 34.8 Å². The molecule has 4 rings (SSSR count). The Morgan fingerprint density at radius 3 is 2.16 bits per heavy atom. The first kappa shape index (κ1) is 18.0. The largest absolute Gasteiger partial charge is 0.456 e. The smallest absolute Gasteiger partial charge is 0.384 e. The molecule has 5 nitrogen and oxygen atoms in total. The molecule has 2 unspecified atom stereocenters. The summed E-state index contributed by atoms with van der Waals surface area (Å²) in [5.41, 5.74) is -1.55. The van der Waals surface area contributed by atoms with Gasteiger partial charge in [-0.05, 0) is 50.9 Å². The van der Waals surface area contributed by atoms with Gasteiger partial charge in [-0.1, -0.05) is 6.58 Å². The van der Waals surface area contributed by atoms with Gasteiger partial charge in [0.15, 0.2) is 0 Å². The number of rotatable bonds is 4. The number of hydrogen-bond acceptors (Lipinski definition) is 5. The molecule has 2 atom stereocenters. The standard InChI is InChI=1S/C18H22F2O5/c1-10(2)13(21)25-18-7-11-4-12(8-18)6-17(5-11,9-18)15(23)24-14(22)16(3,19)20/h11-12H,1,4-9H2,2-3H3. The van der Waals surface area contributed by atoms with Crippen molar-refractivity contribution in [3.8, 4) is 0 Å². The molecule has 0 aromatic rings. The summed E-state index contributed by atoms with van der Waals surface area (Å²) in [4.78, 5) is 36.0. The summed E-state index contributed by atoms with van der Waals surface area (Å²) in [6, 6.07) is 0. The lowest BCUT2D eigenvalue weighted by molar-refractivity contribution is -0.214. The SMILES string of the molecule is C=C(C)C(=O)OC12CC3CC(C1)CC(C(=O)OC(=O)C(C)(F)F)(C3)C2. The van der Waals surface area contributed by atoms with Crippen LogP contribution in [0.5, 0.6) is 0 Å². The number of carbonyl (C=O) groups excluding carboxylic acids is 3. The highest BCUT2D eigenvalue weighted by molar-refractivity contribution is 5.92. The molecule has 7 heteroatoms. The van der Waals surface area contributed by atoms with E-state index in [0.29, 0.717) is 32.6 Å². The molecule has 25 heavy (non-hydrogen) atoms. The minimum atomic E-state index is -3.72. The molecule has 4 saturated carbocycles. The van der Waals surface area contributed by atoms with E-state index in [-0.39, 0.29) is 23.8 Å². The van der Waals surface area contributed by atoms with E-state index in [1.807, 2.05) is 0 Å². The fraction of sp³-hybridized carbons (Fsp3) is 0.722. The molecule has 4 aliphatic carbocycles. The molecule has 0 heterocycles. The molecule has 0 aromatic carbocycles. The normalized spacial score (nSPS) is 36.0. The van der Waals surface area contributed by atoms with Crippen LogP contribution in [0.4, 0.5) is 8.78 Å². The Morgan fingerprint density at radius 1 is 1.12 bits per heavy atom. The van der Waals surface area contributed by atoms with Crippen LogP contribution in [0.2, 0.25) is 0 Å². The van der Waals surface area contributed by atoms with Crippen LogP contribution in [0.15, 0.2) is 12.2 Å². The lowest BCUT2D eigenvalue weighted by atomic mass is 9.48. The second-order valence-corrected chi connectivity index (χ2v) is 8.16. The first-order valence-electron chi connectivity index (χ1n) is 8.48. The maximum Gasteiger partial charge on any atom is 0.384 e. The monoisotopic (exact) mass is 356 g/mol. The van der Waals surface area contributed by atoms with E-state index in [4.69, 9.17) is 4.74 Å². The zero-order valence-electron chi connectivity index (χ0n) is 14.4. The first-order chi connectivity index (χ1) is 11.4.